The quantitative estimate of drug-likeness (QED) is 0.658. The summed E-state index contributed by atoms with van der Waals surface area (Å²) in [6, 6.07) is 10.2. The van der Waals surface area contributed by atoms with Crippen LogP contribution in [0.1, 0.15) is 23.6 Å². The summed E-state index contributed by atoms with van der Waals surface area (Å²) in [5.41, 5.74) is 4.46. The van der Waals surface area contributed by atoms with Gasteiger partial charge < -0.3 is 4.57 Å². The average Bonchev–Trinajstić information content (AvgIpc) is 3.08. The van der Waals surface area contributed by atoms with E-state index in [2.05, 4.69) is 4.98 Å². The standard InChI is InChI=1S/C19H16ClN3O2/c1-11-6-15-16(7-12(11)2)22(10-21-15)17-9-18(24)23(19(17)25)14-5-3-4-13(20)8-14/h3-8,10,17H,9H2,1-2H3/t17-/m1/s1. The third-order valence-electron chi connectivity index (χ3n) is 4.72. The maximum atomic E-state index is 12.9. The molecule has 1 atom stereocenters. The SMILES string of the molecule is Cc1cc2ncn([C@@H]3CC(=O)N(c4cccc(Cl)c4)C3=O)c2cc1C. The summed E-state index contributed by atoms with van der Waals surface area (Å²) in [7, 11) is 0. The maximum absolute atomic E-state index is 12.9. The minimum Gasteiger partial charge on any atom is -0.317 e. The number of hydrogen-bond acceptors (Lipinski definition) is 3. The van der Waals surface area contributed by atoms with Gasteiger partial charge in [-0.2, -0.15) is 0 Å². The number of benzene rings is 2. The van der Waals surface area contributed by atoms with Crippen LogP contribution in [0.3, 0.4) is 0 Å². The molecule has 0 N–H and O–H groups in total. The highest BCUT2D eigenvalue weighted by Crippen LogP contribution is 2.33. The van der Waals surface area contributed by atoms with E-state index >= 15 is 0 Å². The van der Waals surface area contributed by atoms with Crippen molar-refractivity contribution in [2.45, 2.75) is 26.3 Å². The van der Waals surface area contributed by atoms with E-state index in [0.717, 1.165) is 22.2 Å². The number of carbonyl (C=O) groups is 2. The van der Waals surface area contributed by atoms with Crippen LogP contribution in [0.25, 0.3) is 11.0 Å². The van der Waals surface area contributed by atoms with E-state index < -0.39 is 6.04 Å². The predicted molar refractivity (Wildman–Crippen MR) is 96.8 cm³/mol. The molecular weight excluding hydrogens is 338 g/mol. The van der Waals surface area contributed by atoms with Crippen molar-refractivity contribution in [3.8, 4) is 0 Å². The Morgan fingerprint density at radius 2 is 1.88 bits per heavy atom. The number of aromatic nitrogens is 2. The van der Waals surface area contributed by atoms with Crippen molar-refractivity contribution < 1.29 is 9.59 Å². The molecule has 1 aliphatic heterocycles. The van der Waals surface area contributed by atoms with Crippen LogP contribution in [-0.2, 0) is 9.59 Å². The van der Waals surface area contributed by atoms with Gasteiger partial charge in [-0.15, -0.1) is 0 Å². The first-order valence-electron chi connectivity index (χ1n) is 8.02. The molecule has 0 unspecified atom stereocenters. The molecule has 0 spiro atoms. The van der Waals surface area contributed by atoms with Crippen molar-refractivity contribution in [2.75, 3.05) is 4.90 Å². The number of fused-ring (bicyclic) bond motifs is 1. The monoisotopic (exact) mass is 353 g/mol. The van der Waals surface area contributed by atoms with Crippen molar-refractivity contribution in [2.24, 2.45) is 0 Å². The largest absolute Gasteiger partial charge is 0.317 e. The summed E-state index contributed by atoms with van der Waals surface area (Å²) in [4.78, 5) is 31.0. The van der Waals surface area contributed by atoms with Crippen LogP contribution < -0.4 is 4.90 Å². The van der Waals surface area contributed by atoms with Gasteiger partial charge in [0.25, 0.3) is 5.91 Å². The molecule has 6 heteroatoms. The minimum atomic E-state index is -0.585. The smallest absolute Gasteiger partial charge is 0.257 e. The van der Waals surface area contributed by atoms with E-state index in [1.807, 2.05) is 26.0 Å². The Kier molecular flexibility index (Phi) is 3.62. The molecule has 5 nitrogen and oxygen atoms in total. The second kappa shape index (κ2) is 5.70. The van der Waals surface area contributed by atoms with Crippen LogP contribution in [0.4, 0.5) is 5.69 Å². The number of amides is 2. The molecule has 0 radical (unpaired) electrons. The van der Waals surface area contributed by atoms with Gasteiger partial charge in [0.2, 0.25) is 5.91 Å². The molecule has 25 heavy (non-hydrogen) atoms. The zero-order chi connectivity index (χ0) is 17.7. The number of hydrogen-bond donors (Lipinski definition) is 0. The first-order chi connectivity index (χ1) is 12.0. The summed E-state index contributed by atoms with van der Waals surface area (Å²) in [5, 5.41) is 0.487. The Bertz CT molecular complexity index is 1020. The lowest BCUT2D eigenvalue weighted by Crippen LogP contribution is -2.31. The Balaban J connectivity index is 1.77. The van der Waals surface area contributed by atoms with Crippen molar-refractivity contribution >= 4 is 40.1 Å². The van der Waals surface area contributed by atoms with Crippen LogP contribution in [0.15, 0.2) is 42.7 Å². The van der Waals surface area contributed by atoms with E-state index in [0.29, 0.717) is 10.7 Å². The number of imidazole rings is 1. The van der Waals surface area contributed by atoms with Gasteiger partial charge in [0.15, 0.2) is 0 Å². The zero-order valence-electron chi connectivity index (χ0n) is 13.9. The third kappa shape index (κ3) is 2.51. The zero-order valence-corrected chi connectivity index (χ0v) is 14.6. The number of halogens is 1. The number of aryl methyl sites for hydroxylation is 2. The molecule has 126 valence electrons. The lowest BCUT2D eigenvalue weighted by Gasteiger charge is -2.16. The highest BCUT2D eigenvalue weighted by atomic mass is 35.5. The molecule has 2 aromatic carbocycles. The summed E-state index contributed by atoms with van der Waals surface area (Å²) in [5.74, 6) is -0.493. The van der Waals surface area contributed by atoms with Crippen LogP contribution in [0.5, 0.6) is 0 Å². The lowest BCUT2D eigenvalue weighted by atomic mass is 10.1. The lowest BCUT2D eigenvalue weighted by molar-refractivity contribution is -0.122. The normalized spacial score (nSPS) is 17.7. The fourth-order valence-electron chi connectivity index (χ4n) is 3.25. The van der Waals surface area contributed by atoms with E-state index in [-0.39, 0.29) is 18.2 Å². The molecule has 0 saturated carbocycles. The molecule has 3 aromatic rings. The molecule has 1 fully saturated rings. The number of anilines is 1. The molecule has 1 aromatic heterocycles. The first-order valence-corrected chi connectivity index (χ1v) is 8.39. The van der Waals surface area contributed by atoms with Crippen molar-refractivity contribution in [3.05, 3.63) is 58.9 Å². The molecule has 2 amide bonds. The fraction of sp³-hybridized carbons (Fsp3) is 0.211. The van der Waals surface area contributed by atoms with Crippen molar-refractivity contribution in [1.82, 2.24) is 9.55 Å². The van der Waals surface area contributed by atoms with E-state index in [4.69, 9.17) is 11.6 Å². The predicted octanol–water partition coefficient (Wildman–Crippen LogP) is 3.81. The Labute approximate surface area is 149 Å². The highest BCUT2D eigenvalue weighted by molar-refractivity contribution is 6.31. The van der Waals surface area contributed by atoms with Gasteiger partial charge in [0.05, 0.1) is 29.5 Å². The fourth-order valence-corrected chi connectivity index (χ4v) is 3.44. The molecule has 0 aliphatic carbocycles. The average molecular weight is 354 g/mol. The minimum absolute atomic E-state index is 0.115. The van der Waals surface area contributed by atoms with E-state index in [9.17, 15) is 9.59 Å². The van der Waals surface area contributed by atoms with Gasteiger partial charge in [0, 0.05) is 5.02 Å². The number of imide groups is 1. The summed E-state index contributed by atoms with van der Waals surface area (Å²) in [6.45, 7) is 4.05. The molecule has 2 heterocycles. The summed E-state index contributed by atoms with van der Waals surface area (Å²) in [6.07, 6.45) is 1.75. The highest BCUT2D eigenvalue weighted by Gasteiger charge is 2.41. The topological polar surface area (TPSA) is 55.2 Å². The summed E-state index contributed by atoms with van der Waals surface area (Å²) < 4.78 is 1.80. The summed E-state index contributed by atoms with van der Waals surface area (Å²) >= 11 is 6.00. The van der Waals surface area contributed by atoms with Gasteiger partial charge >= 0.3 is 0 Å². The molecular formula is C19H16ClN3O2. The maximum Gasteiger partial charge on any atom is 0.257 e. The Morgan fingerprint density at radius 3 is 2.64 bits per heavy atom. The van der Waals surface area contributed by atoms with Gasteiger partial charge in [-0.1, -0.05) is 17.7 Å². The number of rotatable bonds is 2. The van der Waals surface area contributed by atoms with Gasteiger partial charge in [-0.3, -0.25) is 9.59 Å². The van der Waals surface area contributed by atoms with Crippen molar-refractivity contribution in [1.29, 1.82) is 0 Å². The van der Waals surface area contributed by atoms with Crippen LogP contribution >= 0.6 is 11.6 Å². The molecule has 1 saturated heterocycles. The van der Waals surface area contributed by atoms with E-state index in [1.54, 1.807) is 35.2 Å². The van der Waals surface area contributed by atoms with Crippen molar-refractivity contribution in [3.63, 3.8) is 0 Å². The third-order valence-corrected chi connectivity index (χ3v) is 4.95. The van der Waals surface area contributed by atoms with Gasteiger partial charge in [-0.05, 0) is 55.3 Å². The van der Waals surface area contributed by atoms with Crippen LogP contribution in [-0.4, -0.2) is 21.4 Å². The van der Waals surface area contributed by atoms with Crippen LogP contribution in [0, 0.1) is 13.8 Å². The second-order valence-corrected chi connectivity index (χ2v) is 6.78. The molecule has 4 rings (SSSR count). The molecule has 0 bridgehead atoms. The number of nitrogens with zero attached hydrogens (tertiary/aromatic N) is 3. The Hall–Kier alpha value is -2.66. The van der Waals surface area contributed by atoms with Crippen LogP contribution in [0.2, 0.25) is 5.02 Å². The second-order valence-electron chi connectivity index (χ2n) is 6.34. The Morgan fingerprint density at radius 1 is 1.12 bits per heavy atom. The van der Waals surface area contributed by atoms with E-state index in [1.165, 1.54) is 4.90 Å². The number of carbonyl (C=O) groups excluding carboxylic acids is 2. The van der Waals surface area contributed by atoms with Gasteiger partial charge in [0.1, 0.15) is 6.04 Å². The first kappa shape index (κ1) is 15.8. The molecule has 1 aliphatic rings. The van der Waals surface area contributed by atoms with Gasteiger partial charge in [-0.25, -0.2) is 9.88 Å².